The third-order valence-electron chi connectivity index (χ3n) is 11.9. The van der Waals surface area contributed by atoms with Gasteiger partial charge in [-0.2, -0.15) is 0 Å². The first-order chi connectivity index (χ1) is 34.6. The summed E-state index contributed by atoms with van der Waals surface area (Å²) in [5, 5.41) is 9.65. The van der Waals surface area contributed by atoms with Crippen molar-refractivity contribution >= 4 is 11.9 Å². The van der Waals surface area contributed by atoms with Crippen molar-refractivity contribution in [1.82, 2.24) is 0 Å². The topological polar surface area (TPSA) is 72.8 Å². The molecule has 0 saturated heterocycles. The van der Waals surface area contributed by atoms with Crippen LogP contribution in [-0.4, -0.2) is 36.4 Å². The summed E-state index contributed by atoms with van der Waals surface area (Å²) >= 11 is 0. The Bertz CT molecular complexity index is 1470. The van der Waals surface area contributed by atoms with Crippen LogP contribution in [0.1, 0.15) is 245 Å². The van der Waals surface area contributed by atoms with E-state index >= 15 is 0 Å². The minimum atomic E-state index is -0.813. The van der Waals surface area contributed by atoms with Crippen molar-refractivity contribution in [1.29, 1.82) is 0 Å². The number of aliphatic hydroxyl groups excluding tert-OH is 1. The number of rotatable bonds is 51. The van der Waals surface area contributed by atoms with Crippen LogP contribution in [-0.2, 0) is 19.1 Å². The molecule has 0 amide bonds. The average Bonchev–Trinajstić information content (AvgIpc) is 3.36. The number of carbonyl (C=O) groups excluding carboxylic acids is 2. The van der Waals surface area contributed by atoms with Gasteiger partial charge < -0.3 is 14.6 Å². The van der Waals surface area contributed by atoms with E-state index in [1.807, 2.05) is 0 Å². The van der Waals surface area contributed by atoms with Gasteiger partial charge in [0.1, 0.15) is 6.61 Å². The van der Waals surface area contributed by atoms with Crippen molar-refractivity contribution in [2.75, 3.05) is 13.2 Å². The third-order valence-corrected chi connectivity index (χ3v) is 11.9. The molecule has 1 unspecified atom stereocenters. The maximum atomic E-state index is 12.3. The Kier molecular flexibility index (Phi) is 56.0. The van der Waals surface area contributed by atoms with Gasteiger partial charge in [0.2, 0.25) is 0 Å². The van der Waals surface area contributed by atoms with Gasteiger partial charge in [-0.1, -0.05) is 257 Å². The molecule has 0 heterocycles. The van der Waals surface area contributed by atoms with Crippen LogP contribution in [0.5, 0.6) is 0 Å². The Hall–Kier alpha value is -3.96. The van der Waals surface area contributed by atoms with Gasteiger partial charge in [-0.3, -0.25) is 9.59 Å². The second kappa shape index (κ2) is 59.3. The van der Waals surface area contributed by atoms with Crippen molar-refractivity contribution in [3.05, 3.63) is 134 Å². The Morgan fingerprint density at radius 2 is 0.629 bits per heavy atom. The lowest BCUT2D eigenvalue weighted by Crippen LogP contribution is -2.28. The number of esters is 2. The summed E-state index contributed by atoms with van der Waals surface area (Å²) in [5.41, 5.74) is 0. The molecule has 0 aliphatic carbocycles. The average molecular weight is 968 g/mol. The third kappa shape index (κ3) is 56.6. The van der Waals surface area contributed by atoms with E-state index < -0.39 is 6.10 Å². The number of aliphatic hydroxyl groups is 1. The molecule has 70 heavy (non-hydrogen) atoms. The highest BCUT2D eigenvalue weighted by Crippen LogP contribution is 2.15. The van der Waals surface area contributed by atoms with Gasteiger partial charge in [-0.05, 0) is 109 Å². The highest BCUT2D eigenvalue weighted by atomic mass is 16.6. The molecule has 0 aliphatic heterocycles. The Balaban J connectivity index is 3.63. The van der Waals surface area contributed by atoms with Gasteiger partial charge in [0.15, 0.2) is 6.10 Å². The normalized spacial score (nSPS) is 13.2. The summed E-state index contributed by atoms with van der Waals surface area (Å²) in [5.74, 6) is -0.665. The molecule has 0 spiro atoms. The SMILES string of the molecule is CC/C=C\C/C=C\C/C=C\C/C=C\C/C=C\C/C=C\C/C=C\C/C=C\C/C=C\CCCC(=O)OC(CO)COC(=O)CCCCCCCCCCCCCCCCC/C=C\C/C=C\CCCCCCC. The van der Waals surface area contributed by atoms with Gasteiger partial charge in [0.25, 0.3) is 0 Å². The number of ether oxygens (including phenoxy) is 2. The minimum Gasteiger partial charge on any atom is -0.462 e. The van der Waals surface area contributed by atoms with E-state index in [1.165, 1.54) is 122 Å². The molecule has 1 N–H and O–H groups in total. The molecule has 0 fully saturated rings. The van der Waals surface area contributed by atoms with Crippen LogP contribution in [0.3, 0.4) is 0 Å². The van der Waals surface area contributed by atoms with E-state index in [9.17, 15) is 14.7 Å². The molecule has 0 saturated carbocycles. The van der Waals surface area contributed by atoms with Crippen molar-refractivity contribution in [2.45, 2.75) is 251 Å². The molecule has 1 atom stereocenters. The summed E-state index contributed by atoms with van der Waals surface area (Å²) < 4.78 is 10.7. The fourth-order valence-corrected chi connectivity index (χ4v) is 7.65. The number of allylic oxidation sites excluding steroid dienone is 22. The molecule has 0 radical (unpaired) electrons. The van der Waals surface area contributed by atoms with Gasteiger partial charge in [0, 0.05) is 12.8 Å². The van der Waals surface area contributed by atoms with Crippen LogP contribution in [0, 0.1) is 0 Å². The molecule has 5 heteroatoms. The molecule has 5 nitrogen and oxygen atoms in total. The van der Waals surface area contributed by atoms with Gasteiger partial charge in [-0.15, -0.1) is 0 Å². The zero-order chi connectivity index (χ0) is 50.6. The lowest BCUT2D eigenvalue weighted by atomic mass is 10.0. The smallest absolute Gasteiger partial charge is 0.306 e. The maximum absolute atomic E-state index is 12.3. The van der Waals surface area contributed by atoms with E-state index in [1.54, 1.807) is 0 Å². The van der Waals surface area contributed by atoms with Crippen molar-refractivity contribution in [3.8, 4) is 0 Å². The number of hydrogen-bond acceptors (Lipinski definition) is 5. The van der Waals surface area contributed by atoms with Crippen molar-refractivity contribution < 1.29 is 24.2 Å². The highest BCUT2D eigenvalue weighted by Gasteiger charge is 2.16. The molecule has 0 bridgehead atoms. The maximum Gasteiger partial charge on any atom is 0.306 e. The monoisotopic (exact) mass is 967 g/mol. The Labute approximate surface area is 432 Å². The first kappa shape index (κ1) is 66.0. The van der Waals surface area contributed by atoms with E-state index in [0.29, 0.717) is 12.8 Å². The second-order valence-electron chi connectivity index (χ2n) is 18.6. The standard InChI is InChI=1S/C65H106O5/c1-3-5-7-9-11-13-15-17-19-21-23-25-27-29-31-32-34-36-38-40-42-44-46-48-50-52-54-56-58-60-65(68)70-63(61-66)62-69-64(67)59-57-55-53-51-49-47-45-43-41-39-37-35-33-30-28-26-24-22-20-18-16-14-12-10-8-6-4-2/h5,7,11,13,16-19,22-25,29,31,34,36,40,42,46,48,52,54,63,66H,3-4,6,8-10,12,14-15,20-21,26-28,30,32-33,35,37-39,41,43-45,47,49-51,53,55-62H2,1-2H3/b7-5-,13-11-,18-16-,19-17-,24-22-,25-23-,31-29-,36-34-,42-40-,48-46-,54-52-. The Morgan fingerprint density at radius 3 is 0.971 bits per heavy atom. The fraction of sp³-hybridized carbons (Fsp3) is 0.631. The van der Waals surface area contributed by atoms with Crippen LogP contribution >= 0.6 is 0 Å². The fourth-order valence-electron chi connectivity index (χ4n) is 7.65. The van der Waals surface area contributed by atoms with Gasteiger partial charge >= 0.3 is 11.9 Å². The predicted octanol–water partition coefficient (Wildman–Crippen LogP) is 19.6. The quantitative estimate of drug-likeness (QED) is 0.0374. The van der Waals surface area contributed by atoms with Crippen LogP contribution in [0.15, 0.2) is 134 Å². The van der Waals surface area contributed by atoms with Gasteiger partial charge in [-0.25, -0.2) is 0 Å². The molecular weight excluding hydrogens is 861 g/mol. The molecule has 396 valence electrons. The largest absolute Gasteiger partial charge is 0.462 e. The number of carbonyl (C=O) groups is 2. The number of hydrogen-bond donors (Lipinski definition) is 1. The summed E-state index contributed by atoms with van der Waals surface area (Å²) in [6, 6.07) is 0. The lowest BCUT2D eigenvalue weighted by Gasteiger charge is -2.15. The summed E-state index contributed by atoms with van der Waals surface area (Å²) in [4.78, 5) is 24.5. The second-order valence-corrected chi connectivity index (χ2v) is 18.6. The Morgan fingerprint density at radius 1 is 0.343 bits per heavy atom. The first-order valence-electron chi connectivity index (χ1n) is 28.7. The van der Waals surface area contributed by atoms with Crippen LogP contribution in [0.2, 0.25) is 0 Å². The molecule has 0 aromatic rings. The molecular formula is C65H106O5. The summed E-state index contributed by atoms with van der Waals surface area (Å²) in [7, 11) is 0. The zero-order valence-corrected chi connectivity index (χ0v) is 45.2. The molecule has 0 rings (SSSR count). The molecule has 0 aromatic carbocycles. The first-order valence-corrected chi connectivity index (χ1v) is 28.7. The molecule has 0 aliphatic rings. The van der Waals surface area contributed by atoms with Gasteiger partial charge in [0.05, 0.1) is 6.61 Å². The molecule has 0 aromatic heterocycles. The zero-order valence-electron chi connectivity index (χ0n) is 45.2. The van der Waals surface area contributed by atoms with Crippen LogP contribution < -0.4 is 0 Å². The lowest BCUT2D eigenvalue weighted by molar-refractivity contribution is -0.161. The van der Waals surface area contributed by atoms with E-state index in [-0.39, 0.29) is 31.6 Å². The van der Waals surface area contributed by atoms with E-state index in [2.05, 4.69) is 148 Å². The number of unbranched alkanes of at least 4 members (excludes halogenated alkanes) is 21. The van der Waals surface area contributed by atoms with Crippen LogP contribution in [0.4, 0.5) is 0 Å². The van der Waals surface area contributed by atoms with Crippen molar-refractivity contribution in [3.63, 3.8) is 0 Å². The summed E-state index contributed by atoms with van der Waals surface area (Å²) in [6.45, 7) is 3.97. The predicted molar refractivity (Wildman–Crippen MR) is 306 cm³/mol. The highest BCUT2D eigenvalue weighted by molar-refractivity contribution is 5.70. The minimum absolute atomic E-state index is 0.0966. The van der Waals surface area contributed by atoms with E-state index in [4.69, 9.17) is 9.47 Å². The van der Waals surface area contributed by atoms with Crippen LogP contribution in [0.25, 0.3) is 0 Å². The van der Waals surface area contributed by atoms with E-state index in [0.717, 1.165) is 89.9 Å². The summed E-state index contributed by atoms with van der Waals surface area (Å²) in [6.07, 6.45) is 88.5. The van der Waals surface area contributed by atoms with Crippen molar-refractivity contribution in [2.24, 2.45) is 0 Å².